The van der Waals surface area contributed by atoms with Gasteiger partial charge in [0.05, 0.1) is 18.2 Å². The molecule has 1 fully saturated rings. The van der Waals surface area contributed by atoms with Gasteiger partial charge in [0.25, 0.3) is 5.79 Å². The summed E-state index contributed by atoms with van der Waals surface area (Å²) in [5.74, 6) is -2.49. The van der Waals surface area contributed by atoms with Crippen LogP contribution in [0.3, 0.4) is 0 Å². The lowest BCUT2D eigenvalue weighted by Gasteiger charge is -2.33. The maximum Gasteiger partial charge on any atom is 0.337 e. The minimum absolute atomic E-state index is 0.0335. The third-order valence-electron chi connectivity index (χ3n) is 5.61. The van der Waals surface area contributed by atoms with E-state index in [0.717, 1.165) is 12.8 Å². The number of rotatable bonds is 10. The number of carbonyl (C=O) groups excluding carboxylic acids is 3. The molecule has 170 valence electrons. The summed E-state index contributed by atoms with van der Waals surface area (Å²) in [6.07, 6.45) is 4.97. The maximum absolute atomic E-state index is 12.8. The minimum atomic E-state index is -1.21. The van der Waals surface area contributed by atoms with Crippen LogP contribution >= 0.6 is 0 Å². The summed E-state index contributed by atoms with van der Waals surface area (Å²) in [5, 5.41) is 2.91. The summed E-state index contributed by atoms with van der Waals surface area (Å²) in [4.78, 5) is 36.5. The van der Waals surface area contributed by atoms with Gasteiger partial charge in [-0.1, -0.05) is 27.7 Å². The van der Waals surface area contributed by atoms with Gasteiger partial charge in [-0.05, 0) is 37.7 Å². The third-order valence-corrected chi connectivity index (χ3v) is 5.61. The first kappa shape index (κ1) is 24.3. The number of hydrogen-bond donors (Lipinski definition) is 2. The monoisotopic (exact) mass is 424 g/mol. The first-order chi connectivity index (χ1) is 14.1. The Morgan fingerprint density at radius 3 is 2.33 bits per heavy atom. The first-order valence-electron chi connectivity index (χ1n) is 11.0. The second-order valence-electron chi connectivity index (χ2n) is 8.57. The van der Waals surface area contributed by atoms with Gasteiger partial charge >= 0.3 is 11.9 Å². The highest BCUT2D eigenvalue weighted by Gasteiger charge is 2.52. The Balaban J connectivity index is 2.07. The van der Waals surface area contributed by atoms with Crippen molar-refractivity contribution in [2.75, 3.05) is 0 Å². The molecule has 0 bridgehead atoms. The van der Waals surface area contributed by atoms with Gasteiger partial charge in [0.2, 0.25) is 5.91 Å². The quantitative estimate of drug-likeness (QED) is 0.408. The number of amides is 1. The van der Waals surface area contributed by atoms with Crippen LogP contribution in [0.15, 0.2) is 11.6 Å². The molecule has 0 saturated heterocycles. The molecule has 2 aliphatic rings. The van der Waals surface area contributed by atoms with Gasteiger partial charge in [-0.25, -0.2) is 4.79 Å². The highest BCUT2D eigenvalue weighted by molar-refractivity contribution is 5.89. The summed E-state index contributed by atoms with van der Waals surface area (Å²) < 4.78 is 17.1. The van der Waals surface area contributed by atoms with Crippen LogP contribution in [0.2, 0.25) is 0 Å². The van der Waals surface area contributed by atoms with E-state index in [9.17, 15) is 14.4 Å². The zero-order valence-electron chi connectivity index (χ0n) is 18.7. The van der Waals surface area contributed by atoms with Crippen LogP contribution in [-0.2, 0) is 28.6 Å². The van der Waals surface area contributed by atoms with E-state index in [0.29, 0.717) is 31.3 Å². The Morgan fingerprint density at radius 1 is 1.20 bits per heavy atom. The van der Waals surface area contributed by atoms with E-state index in [1.807, 2.05) is 27.7 Å². The normalized spacial score (nSPS) is 23.5. The molecule has 3 N–H and O–H groups in total. The van der Waals surface area contributed by atoms with Gasteiger partial charge in [0, 0.05) is 25.3 Å². The molecule has 0 unspecified atom stereocenters. The smallest absolute Gasteiger partial charge is 0.337 e. The topological polar surface area (TPSA) is 117 Å². The largest absolute Gasteiger partial charge is 0.421 e. The van der Waals surface area contributed by atoms with E-state index >= 15 is 0 Å². The van der Waals surface area contributed by atoms with Crippen LogP contribution in [0.4, 0.5) is 0 Å². The predicted octanol–water partition coefficient (Wildman–Crippen LogP) is 2.34. The first-order valence-corrected chi connectivity index (χ1v) is 11.0. The van der Waals surface area contributed by atoms with E-state index in [-0.39, 0.29) is 24.0 Å². The molecule has 8 nitrogen and oxygen atoms in total. The van der Waals surface area contributed by atoms with Crippen molar-refractivity contribution in [3.8, 4) is 0 Å². The van der Waals surface area contributed by atoms with E-state index in [2.05, 4.69) is 5.32 Å². The third kappa shape index (κ3) is 6.54. The molecule has 1 amide bonds. The zero-order chi connectivity index (χ0) is 22.5. The van der Waals surface area contributed by atoms with E-state index < -0.39 is 29.9 Å². The van der Waals surface area contributed by atoms with Gasteiger partial charge in [-0.15, -0.1) is 0 Å². The Hall–Kier alpha value is -1.93. The number of ether oxygens (including phenoxy) is 3. The minimum Gasteiger partial charge on any atom is -0.421 e. The number of hydrogen-bond acceptors (Lipinski definition) is 7. The molecule has 0 aliphatic heterocycles. The molecule has 0 heterocycles. The molecule has 0 aromatic heterocycles. The number of carbonyl (C=O) groups is 3. The van der Waals surface area contributed by atoms with Crippen LogP contribution in [0.5, 0.6) is 0 Å². The van der Waals surface area contributed by atoms with Gasteiger partial charge in [0.1, 0.15) is 6.04 Å². The summed E-state index contributed by atoms with van der Waals surface area (Å²) in [5.41, 5.74) is 6.31. The Bertz CT molecular complexity index is 667. The van der Waals surface area contributed by atoms with Crippen molar-refractivity contribution in [1.29, 1.82) is 0 Å². The summed E-state index contributed by atoms with van der Waals surface area (Å²) >= 11 is 0. The van der Waals surface area contributed by atoms with E-state index in [4.69, 9.17) is 19.9 Å². The van der Waals surface area contributed by atoms with Crippen molar-refractivity contribution in [2.45, 2.75) is 103 Å². The average molecular weight is 425 g/mol. The Morgan fingerprint density at radius 2 is 1.83 bits per heavy atom. The number of nitrogens with one attached hydrogen (secondary N) is 1. The molecule has 0 aromatic rings. The van der Waals surface area contributed by atoms with E-state index in [1.54, 1.807) is 6.08 Å². The molecule has 2 aliphatic carbocycles. The number of nitrogens with two attached hydrogens (primary N) is 1. The van der Waals surface area contributed by atoms with Crippen LogP contribution in [0.25, 0.3) is 0 Å². The maximum atomic E-state index is 12.8. The second kappa shape index (κ2) is 10.4. The van der Waals surface area contributed by atoms with Gasteiger partial charge < -0.3 is 25.3 Å². The van der Waals surface area contributed by atoms with Gasteiger partial charge in [-0.3, -0.25) is 9.59 Å². The van der Waals surface area contributed by atoms with Crippen LogP contribution in [0, 0.1) is 5.92 Å². The molecule has 30 heavy (non-hydrogen) atoms. The highest BCUT2D eigenvalue weighted by Crippen LogP contribution is 2.42. The van der Waals surface area contributed by atoms with Crippen molar-refractivity contribution >= 4 is 17.8 Å². The Labute approximate surface area is 178 Å². The molecule has 0 radical (unpaired) electrons. The van der Waals surface area contributed by atoms with Crippen LogP contribution in [0.1, 0.15) is 73.1 Å². The van der Waals surface area contributed by atoms with E-state index in [1.165, 1.54) is 6.92 Å². The lowest BCUT2D eigenvalue weighted by Crippen LogP contribution is -2.46. The SMILES string of the molecule is CCC(CC)O[C@@H]1C=C(C(=O)OC2(OC(=O)[C@H](N)C(C)C)CC2)CC[C@H]1NC(C)=O. The summed E-state index contributed by atoms with van der Waals surface area (Å²) in [6.45, 7) is 9.20. The molecule has 3 atom stereocenters. The summed E-state index contributed by atoms with van der Waals surface area (Å²) in [6, 6.07) is -0.956. The fourth-order valence-electron chi connectivity index (χ4n) is 3.38. The lowest BCUT2D eigenvalue weighted by molar-refractivity contribution is -0.195. The van der Waals surface area contributed by atoms with Crippen molar-refractivity contribution in [3.05, 3.63) is 11.6 Å². The molecule has 0 spiro atoms. The summed E-state index contributed by atoms with van der Waals surface area (Å²) in [7, 11) is 0. The van der Waals surface area contributed by atoms with Gasteiger partial charge in [0.15, 0.2) is 0 Å². The molecule has 2 rings (SSSR count). The van der Waals surface area contributed by atoms with Crippen molar-refractivity contribution in [3.63, 3.8) is 0 Å². The molecule has 8 heteroatoms. The van der Waals surface area contributed by atoms with Crippen LogP contribution < -0.4 is 11.1 Å². The molecule has 1 saturated carbocycles. The lowest BCUT2D eigenvalue weighted by atomic mass is 9.92. The fraction of sp³-hybridized carbons (Fsp3) is 0.773. The predicted molar refractivity (Wildman–Crippen MR) is 111 cm³/mol. The van der Waals surface area contributed by atoms with Gasteiger partial charge in [-0.2, -0.15) is 0 Å². The van der Waals surface area contributed by atoms with Crippen molar-refractivity contribution < 1.29 is 28.6 Å². The Kier molecular flexibility index (Phi) is 8.43. The average Bonchev–Trinajstić information content (AvgIpc) is 3.44. The molecular formula is C22H36N2O6. The second-order valence-corrected chi connectivity index (χ2v) is 8.57. The van der Waals surface area contributed by atoms with Crippen LogP contribution in [-0.4, -0.2) is 47.9 Å². The molecule has 0 aromatic carbocycles. The fourth-order valence-corrected chi connectivity index (χ4v) is 3.38. The van der Waals surface area contributed by atoms with Crippen molar-refractivity contribution in [2.24, 2.45) is 11.7 Å². The highest BCUT2D eigenvalue weighted by atomic mass is 16.7. The van der Waals surface area contributed by atoms with Crippen molar-refractivity contribution in [1.82, 2.24) is 5.32 Å². The standard InChI is InChI=1S/C22H36N2O6/c1-6-16(7-2)28-18-12-15(8-9-17(18)24-14(5)25)20(26)29-22(10-11-22)30-21(27)19(23)13(3)4/h12-13,16-19H,6-11,23H2,1-5H3,(H,24,25)/t17-,18-,19-/m1/s1. The number of esters is 2. The molecular weight excluding hydrogens is 388 g/mol. The zero-order valence-corrected chi connectivity index (χ0v) is 18.7.